The number of aromatic amines is 1. The maximum atomic E-state index is 9.92. The van der Waals surface area contributed by atoms with Gasteiger partial charge in [0.1, 0.15) is 5.82 Å². The van der Waals surface area contributed by atoms with Crippen molar-refractivity contribution in [2.24, 2.45) is 5.73 Å². The molecule has 19 heavy (non-hydrogen) atoms. The number of aromatic nitrogens is 1. The molecule has 4 heterocycles. The Balaban J connectivity index is 1.92. The van der Waals surface area contributed by atoms with E-state index < -0.39 is 6.10 Å². The molecule has 4 heteroatoms. The Kier molecular flexibility index (Phi) is 2.37. The number of nitrogens with two attached hydrogens (primary N) is 1. The van der Waals surface area contributed by atoms with Gasteiger partial charge in [-0.3, -0.25) is 0 Å². The molecule has 2 aromatic rings. The van der Waals surface area contributed by atoms with Crippen LogP contribution in [-0.2, 0) is 0 Å². The van der Waals surface area contributed by atoms with Crippen molar-refractivity contribution < 1.29 is 5.11 Å². The first-order chi connectivity index (χ1) is 9.28. The van der Waals surface area contributed by atoms with Crippen LogP contribution in [0.25, 0.3) is 10.9 Å². The zero-order valence-electron chi connectivity index (χ0n) is 10.9. The Morgan fingerprint density at radius 1 is 1.37 bits per heavy atom. The lowest BCUT2D eigenvalue weighted by Gasteiger charge is -2.40. The van der Waals surface area contributed by atoms with E-state index >= 15 is 0 Å². The van der Waals surface area contributed by atoms with E-state index in [-0.39, 0.29) is 6.54 Å². The van der Waals surface area contributed by atoms with Crippen LogP contribution in [0.15, 0.2) is 18.2 Å². The summed E-state index contributed by atoms with van der Waals surface area (Å²) in [4.78, 5) is 6.00. The zero-order chi connectivity index (χ0) is 13.0. The van der Waals surface area contributed by atoms with Crippen molar-refractivity contribution >= 4 is 16.7 Å². The SMILES string of the molecule is NCC(O)c1ccc2[nH]c3c(c2c1)C1CCN3CC1. The molecule has 100 valence electrons. The summed E-state index contributed by atoms with van der Waals surface area (Å²) in [5, 5.41) is 11.2. The molecular formula is C15H19N3O. The van der Waals surface area contributed by atoms with E-state index in [1.54, 1.807) is 0 Å². The van der Waals surface area contributed by atoms with Gasteiger partial charge in [-0.25, -0.2) is 0 Å². The largest absolute Gasteiger partial charge is 0.387 e. The van der Waals surface area contributed by atoms with Crippen LogP contribution in [0.4, 0.5) is 5.82 Å². The van der Waals surface area contributed by atoms with Crippen LogP contribution in [-0.4, -0.2) is 29.7 Å². The van der Waals surface area contributed by atoms with Gasteiger partial charge in [-0.15, -0.1) is 0 Å². The molecule has 1 atom stereocenters. The lowest BCUT2D eigenvalue weighted by Crippen LogP contribution is -2.38. The lowest BCUT2D eigenvalue weighted by molar-refractivity contribution is 0.187. The van der Waals surface area contributed by atoms with Gasteiger partial charge in [-0.2, -0.15) is 0 Å². The van der Waals surface area contributed by atoms with Crippen molar-refractivity contribution in [1.82, 2.24) is 4.98 Å². The highest BCUT2D eigenvalue weighted by atomic mass is 16.3. The summed E-state index contributed by atoms with van der Waals surface area (Å²) >= 11 is 0. The number of aliphatic hydroxyl groups excluding tert-OH is 1. The van der Waals surface area contributed by atoms with E-state index in [1.807, 2.05) is 6.07 Å². The Morgan fingerprint density at radius 2 is 2.16 bits per heavy atom. The summed E-state index contributed by atoms with van der Waals surface area (Å²) in [6.07, 6.45) is 1.95. The Morgan fingerprint density at radius 3 is 2.89 bits per heavy atom. The maximum absolute atomic E-state index is 9.92. The molecule has 5 rings (SSSR count). The number of nitrogens with zero attached hydrogens (tertiary/aromatic N) is 1. The highest BCUT2D eigenvalue weighted by molar-refractivity contribution is 5.91. The number of H-pyrrole nitrogens is 1. The Bertz CT molecular complexity index is 626. The molecule has 3 aliphatic heterocycles. The second-order valence-electron chi connectivity index (χ2n) is 5.71. The molecule has 0 saturated carbocycles. The molecule has 4 nitrogen and oxygen atoms in total. The number of nitrogens with one attached hydrogen (secondary N) is 1. The molecule has 0 spiro atoms. The quantitative estimate of drug-likeness (QED) is 0.769. The van der Waals surface area contributed by atoms with Crippen molar-refractivity contribution in [2.75, 3.05) is 24.5 Å². The van der Waals surface area contributed by atoms with Crippen LogP contribution in [0.5, 0.6) is 0 Å². The van der Waals surface area contributed by atoms with Gasteiger partial charge in [-0.1, -0.05) is 6.07 Å². The number of anilines is 1. The van der Waals surface area contributed by atoms with Crippen LogP contribution in [0, 0.1) is 0 Å². The molecule has 1 aromatic heterocycles. The average molecular weight is 257 g/mol. The van der Waals surface area contributed by atoms with Gasteiger partial charge in [0.25, 0.3) is 0 Å². The fourth-order valence-corrected chi connectivity index (χ4v) is 3.61. The number of piperidine rings is 1. The predicted molar refractivity (Wildman–Crippen MR) is 76.5 cm³/mol. The predicted octanol–water partition coefficient (Wildman–Crippen LogP) is 1.86. The molecule has 1 unspecified atom stereocenters. The van der Waals surface area contributed by atoms with E-state index in [0.717, 1.165) is 5.56 Å². The van der Waals surface area contributed by atoms with Gasteiger partial charge >= 0.3 is 0 Å². The van der Waals surface area contributed by atoms with Crippen LogP contribution in [0.2, 0.25) is 0 Å². The molecule has 0 radical (unpaired) electrons. The number of rotatable bonds is 2. The second kappa shape index (κ2) is 3.99. The molecule has 1 fully saturated rings. The monoisotopic (exact) mass is 257 g/mol. The zero-order valence-corrected chi connectivity index (χ0v) is 10.9. The van der Waals surface area contributed by atoms with Crippen molar-refractivity contribution in [2.45, 2.75) is 24.9 Å². The second-order valence-corrected chi connectivity index (χ2v) is 5.71. The van der Waals surface area contributed by atoms with Crippen molar-refractivity contribution in [3.63, 3.8) is 0 Å². The van der Waals surface area contributed by atoms with Gasteiger partial charge < -0.3 is 20.7 Å². The van der Waals surface area contributed by atoms with E-state index in [9.17, 15) is 5.11 Å². The lowest BCUT2D eigenvalue weighted by atomic mass is 9.84. The first-order valence-electron chi connectivity index (χ1n) is 7.06. The van der Waals surface area contributed by atoms with Crippen LogP contribution < -0.4 is 10.6 Å². The van der Waals surface area contributed by atoms with Gasteiger partial charge in [0, 0.05) is 36.1 Å². The summed E-state index contributed by atoms with van der Waals surface area (Å²) < 4.78 is 0. The summed E-state index contributed by atoms with van der Waals surface area (Å²) in [5.74, 6) is 1.98. The summed E-state index contributed by atoms with van der Waals surface area (Å²) in [6.45, 7) is 2.61. The third-order valence-electron chi connectivity index (χ3n) is 4.67. The van der Waals surface area contributed by atoms with Crippen LogP contribution >= 0.6 is 0 Å². The molecule has 1 aromatic carbocycles. The van der Waals surface area contributed by atoms with Gasteiger partial charge in [-0.05, 0) is 36.5 Å². The molecule has 2 bridgehead atoms. The van der Waals surface area contributed by atoms with Crippen LogP contribution in [0.3, 0.4) is 0 Å². The number of hydrogen-bond acceptors (Lipinski definition) is 3. The molecule has 0 aliphatic carbocycles. The standard InChI is InChI=1S/C15H19N3O/c16-8-13(19)10-1-2-12-11(7-10)14-9-3-5-18(6-4-9)15(14)17-12/h1-2,7,9,13,17,19H,3-6,8,16H2. The van der Waals surface area contributed by atoms with E-state index in [0.29, 0.717) is 5.92 Å². The number of hydrogen-bond donors (Lipinski definition) is 3. The normalized spacial score (nSPS) is 20.0. The highest BCUT2D eigenvalue weighted by Gasteiger charge is 2.33. The average Bonchev–Trinajstić information content (AvgIpc) is 2.88. The third kappa shape index (κ3) is 1.53. The first-order valence-corrected chi connectivity index (χ1v) is 7.06. The van der Waals surface area contributed by atoms with E-state index in [2.05, 4.69) is 22.0 Å². The fourth-order valence-electron chi connectivity index (χ4n) is 3.61. The van der Waals surface area contributed by atoms with Crippen molar-refractivity contribution in [1.29, 1.82) is 0 Å². The van der Waals surface area contributed by atoms with E-state index in [4.69, 9.17) is 5.73 Å². The third-order valence-corrected chi connectivity index (χ3v) is 4.67. The first kappa shape index (κ1) is 11.3. The topological polar surface area (TPSA) is 65.3 Å². The smallest absolute Gasteiger partial charge is 0.110 e. The van der Waals surface area contributed by atoms with Gasteiger partial charge in [0.05, 0.1) is 6.10 Å². The maximum Gasteiger partial charge on any atom is 0.110 e. The van der Waals surface area contributed by atoms with E-state index in [1.165, 1.54) is 48.2 Å². The molecular weight excluding hydrogens is 238 g/mol. The Hall–Kier alpha value is -1.52. The highest BCUT2D eigenvalue weighted by Crippen LogP contribution is 2.46. The molecule has 4 N–H and O–H groups in total. The minimum Gasteiger partial charge on any atom is -0.387 e. The number of benzene rings is 1. The Labute approximate surface area is 112 Å². The minimum atomic E-state index is -0.559. The van der Waals surface area contributed by atoms with Crippen LogP contribution in [0.1, 0.15) is 36.0 Å². The molecule has 0 amide bonds. The minimum absolute atomic E-state index is 0.272. The summed E-state index contributed by atoms with van der Waals surface area (Å²) in [5.41, 5.74) is 9.11. The summed E-state index contributed by atoms with van der Waals surface area (Å²) in [6, 6.07) is 6.16. The van der Waals surface area contributed by atoms with Crippen molar-refractivity contribution in [3.8, 4) is 0 Å². The number of aliphatic hydroxyl groups is 1. The van der Waals surface area contributed by atoms with Crippen molar-refractivity contribution in [3.05, 3.63) is 29.3 Å². The molecule has 1 saturated heterocycles. The summed E-state index contributed by atoms with van der Waals surface area (Å²) in [7, 11) is 0. The molecule has 3 aliphatic rings. The number of fused-ring (bicyclic) bond motifs is 3. The van der Waals surface area contributed by atoms with Gasteiger partial charge in [0.15, 0.2) is 0 Å². The fraction of sp³-hybridized carbons (Fsp3) is 0.467. The van der Waals surface area contributed by atoms with Gasteiger partial charge in [0.2, 0.25) is 0 Å².